The molecule has 2 aliphatic heterocycles. The second kappa shape index (κ2) is 9.40. The molecule has 0 N–H and O–H groups in total. The molecule has 8 heteroatoms. The van der Waals surface area contributed by atoms with Crippen LogP contribution < -0.4 is 4.74 Å². The molecule has 2 fully saturated rings. The van der Waals surface area contributed by atoms with E-state index in [9.17, 15) is 18.0 Å². The molecular formula is C23H31F3N2O3. The number of hydrogen-bond donors (Lipinski definition) is 0. The Hall–Kier alpha value is -2.38. The minimum atomic E-state index is -4.67. The van der Waals surface area contributed by atoms with Crippen LogP contribution in [0.25, 0.3) is 0 Å². The van der Waals surface area contributed by atoms with Gasteiger partial charge in [0.15, 0.2) is 0 Å². The summed E-state index contributed by atoms with van der Waals surface area (Å²) in [6, 6.07) is 5.95. The van der Waals surface area contributed by atoms with Crippen LogP contribution in [-0.4, -0.2) is 54.0 Å². The van der Waals surface area contributed by atoms with Gasteiger partial charge in [-0.3, -0.25) is 0 Å². The van der Waals surface area contributed by atoms with Crippen LogP contribution in [0.2, 0.25) is 0 Å². The van der Waals surface area contributed by atoms with Gasteiger partial charge < -0.3 is 19.3 Å². The molecule has 1 aromatic rings. The lowest BCUT2D eigenvalue weighted by atomic mass is 9.92. The van der Waals surface area contributed by atoms with Crippen LogP contribution in [0.3, 0.4) is 0 Å². The van der Waals surface area contributed by atoms with E-state index in [4.69, 9.17) is 4.74 Å². The van der Waals surface area contributed by atoms with Gasteiger partial charge in [0.25, 0.3) is 0 Å². The second-order valence-corrected chi connectivity index (χ2v) is 9.30. The first-order valence-corrected chi connectivity index (χ1v) is 10.7. The fraction of sp³-hybridized carbons (Fsp3) is 0.609. The number of carbonyl (C=O) groups excluding carboxylic acids is 1. The summed E-state index contributed by atoms with van der Waals surface area (Å²) in [6.07, 6.45) is 1.91. The van der Waals surface area contributed by atoms with Gasteiger partial charge >= 0.3 is 12.5 Å². The number of alkyl halides is 3. The zero-order chi connectivity index (χ0) is 22.6. The van der Waals surface area contributed by atoms with Gasteiger partial charge in [-0.05, 0) is 75.8 Å². The summed E-state index contributed by atoms with van der Waals surface area (Å²) in [6.45, 7) is 9.01. The van der Waals surface area contributed by atoms with Crippen LogP contribution in [0, 0.1) is 11.8 Å². The Morgan fingerprint density at radius 1 is 1.06 bits per heavy atom. The van der Waals surface area contributed by atoms with Crippen molar-refractivity contribution in [3.8, 4) is 5.75 Å². The highest BCUT2D eigenvalue weighted by Gasteiger charge is 2.38. The molecule has 2 aliphatic rings. The zero-order valence-electron chi connectivity index (χ0n) is 18.3. The third-order valence-electron chi connectivity index (χ3n) is 5.63. The van der Waals surface area contributed by atoms with Crippen molar-refractivity contribution >= 4 is 6.09 Å². The highest BCUT2D eigenvalue weighted by Crippen LogP contribution is 2.32. The molecule has 31 heavy (non-hydrogen) atoms. The Morgan fingerprint density at radius 2 is 1.65 bits per heavy atom. The first-order valence-electron chi connectivity index (χ1n) is 10.7. The predicted octanol–water partition coefficient (Wildman–Crippen LogP) is 5.22. The fourth-order valence-electron chi connectivity index (χ4n) is 4.16. The number of carbonyl (C=O) groups is 1. The third kappa shape index (κ3) is 7.36. The highest BCUT2D eigenvalue weighted by molar-refractivity contribution is 5.68. The average molecular weight is 441 g/mol. The van der Waals surface area contributed by atoms with Gasteiger partial charge in [0.1, 0.15) is 11.4 Å². The summed E-state index contributed by atoms with van der Waals surface area (Å²) in [5.74, 6) is 0.777. The summed E-state index contributed by atoms with van der Waals surface area (Å²) in [4.78, 5) is 16.5. The predicted molar refractivity (Wildman–Crippen MR) is 112 cm³/mol. The first-order chi connectivity index (χ1) is 14.5. The Kier molecular flexibility index (Phi) is 7.06. The minimum absolute atomic E-state index is 0.209. The van der Waals surface area contributed by atoms with Crippen molar-refractivity contribution in [2.24, 2.45) is 11.8 Å². The number of fused-ring (bicyclic) bond motifs is 1. The van der Waals surface area contributed by atoms with E-state index >= 15 is 0 Å². The van der Waals surface area contributed by atoms with Gasteiger partial charge in [-0.1, -0.05) is 18.2 Å². The molecule has 3 rings (SSSR count). The Morgan fingerprint density at radius 3 is 2.16 bits per heavy atom. The maximum atomic E-state index is 12.3. The van der Waals surface area contributed by atoms with Crippen LogP contribution in [0.4, 0.5) is 18.0 Å². The molecule has 5 nitrogen and oxygen atoms in total. The van der Waals surface area contributed by atoms with Crippen LogP contribution in [-0.2, 0) is 11.2 Å². The number of rotatable bonds is 4. The number of halogens is 3. The molecule has 0 saturated carbocycles. The Bertz CT molecular complexity index is 756. The number of ether oxygens (including phenoxy) is 2. The smallest absolute Gasteiger partial charge is 0.444 e. The molecule has 0 radical (unpaired) electrons. The molecule has 1 amide bonds. The molecule has 2 saturated heterocycles. The summed E-state index contributed by atoms with van der Waals surface area (Å²) in [7, 11) is 0. The maximum absolute atomic E-state index is 12.3. The average Bonchev–Trinajstić information content (AvgIpc) is 2.97. The Balaban J connectivity index is 1.44. The summed E-state index contributed by atoms with van der Waals surface area (Å²) < 4.78 is 46.1. The van der Waals surface area contributed by atoms with Crippen molar-refractivity contribution in [1.82, 2.24) is 9.80 Å². The number of amides is 1. The minimum Gasteiger partial charge on any atom is -0.444 e. The standard InChI is InChI=1S/C23H31F3N2O3/c1-22(2,3)31-21(29)28-15-18-10-13-27(14-11-19(18)16-28)12-4-5-17-6-8-20(9-7-17)30-23(24,25)26/h4,6-9,12,18-19H,5,10-11,13-16H2,1-3H3/b12-4+/t18-,19+. The summed E-state index contributed by atoms with van der Waals surface area (Å²) in [5, 5.41) is 0. The van der Waals surface area contributed by atoms with E-state index < -0.39 is 12.0 Å². The molecule has 0 unspecified atom stereocenters. The molecule has 172 valence electrons. The topological polar surface area (TPSA) is 42.0 Å². The molecule has 0 spiro atoms. The molecule has 0 bridgehead atoms. The van der Waals surface area contributed by atoms with E-state index in [2.05, 4.69) is 15.8 Å². The van der Waals surface area contributed by atoms with Gasteiger partial charge in [0, 0.05) is 26.2 Å². The van der Waals surface area contributed by atoms with Crippen molar-refractivity contribution in [2.45, 2.75) is 52.0 Å². The van der Waals surface area contributed by atoms with Crippen LogP contribution in [0.15, 0.2) is 36.5 Å². The maximum Gasteiger partial charge on any atom is 0.573 e. The lowest BCUT2D eigenvalue weighted by Gasteiger charge is -2.25. The van der Waals surface area contributed by atoms with Crippen molar-refractivity contribution in [1.29, 1.82) is 0 Å². The van der Waals surface area contributed by atoms with Gasteiger partial charge in [-0.25, -0.2) is 4.79 Å². The van der Waals surface area contributed by atoms with E-state index in [1.807, 2.05) is 31.7 Å². The molecule has 1 aromatic carbocycles. The SMILES string of the molecule is CC(C)(C)OC(=O)N1C[C@H]2CCN(/C=C/Cc3ccc(OC(F)(F)F)cc3)CC[C@H]2C1. The lowest BCUT2D eigenvalue weighted by Crippen LogP contribution is -2.36. The third-order valence-corrected chi connectivity index (χ3v) is 5.63. The highest BCUT2D eigenvalue weighted by atomic mass is 19.4. The second-order valence-electron chi connectivity index (χ2n) is 9.30. The van der Waals surface area contributed by atoms with Crippen LogP contribution >= 0.6 is 0 Å². The number of hydrogen-bond acceptors (Lipinski definition) is 4. The van der Waals surface area contributed by atoms with Gasteiger partial charge in [0.2, 0.25) is 0 Å². The quantitative estimate of drug-likeness (QED) is 0.644. The van der Waals surface area contributed by atoms with Gasteiger partial charge in [-0.2, -0.15) is 0 Å². The fourth-order valence-corrected chi connectivity index (χ4v) is 4.16. The van der Waals surface area contributed by atoms with Crippen LogP contribution in [0.1, 0.15) is 39.2 Å². The van der Waals surface area contributed by atoms with E-state index in [0.29, 0.717) is 18.3 Å². The van der Waals surface area contributed by atoms with E-state index in [0.717, 1.165) is 44.6 Å². The molecule has 2 atom stereocenters. The van der Waals surface area contributed by atoms with E-state index in [1.54, 1.807) is 12.1 Å². The number of benzene rings is 1. The van der Waals surface area contributed by atoms with E-state index in [-0.39, 0.29) is 11.8 Å². The number of allylic oxidation sites excluding steroid dienone is 1. The number of nitrogens with zero attached hydrogens (tertiary/aromatic N) is 2. The van der Waals surface area contributed by atoms with E-state index in [1.165, 1.54) is 12.1 Å². The molecule has 0 aliphatic carbocycles. The summed E-state index contributed by atoms with van der Waals surface area (Å²) >= 11 is 0. The molecule has 0 aromatic heterocycles. The lowest BCUT2D eigenvalue weighted by molar-refractivity contribution is -0.274. The van der Waals surface area contributed by atoms with Crippen LogP contribution in [0.5, 0.6) is 5.75 Å². The van der Waals surface area contributed by atoms with Crippen molar-refractivity contribution in [3.63, 3.8) is 0 Å². The Labute approximate surface area is 181 Å². The van der Waals surface area contributed by atoms with Gasteiger partial charge in [-0.15, -0.1) is 13.2 Å². The molecular weight excluding hydrogens is 409 g/mol. The normalized spacial score (nSPS) is 22.4. The first kappa shape index (κ1) is 23.3. The van der Waals surface area contributed by atoms with Crippen molar-refractivity contribution in [2.75, 3.05) is 26.2 Å². The van der Waals surface area contributed by atoms with Gasteiger partial charge in [0.05, 0.1) is 0 Å². The van der Waals surface area contributed by atoms with Crippen molar-refractivity contribution in [3.05, 3.63) is 42.1 Å². The number of likely N-dealkylation sites (tertiary alicyclic amines) is 2. The molecule has 2 heterocycles. The largest absolute Gasteiger partial charge is 0.573 e. The zero-order valence-corrected chi connectivity index (χ0v) is 18.3. The van der Waals surface area contributed by atoms with Crippen molar-refractivity contribution < 1.29 is 27.4 Å². The monoisotopic (exact) mass is 440 g/mol. The summed E-state index contributed by atoms with van der Waals surface area (Å²) in [5.41, 5.74) is 0.445.